The molecule has 1 atom stereocenters. The highest BCUT2D eigenvalue weighted by Crippen LogP contribution is 2.39. The predicted molar refractivity (Wildman–Crippen MR) is 207 cm³/mol. The summed E-state index contributed by atoms with van der Waals surface area (Å²) >= 11 is 1.18. The van der Waals surface area contributed by atoms with Crippen LogP contribution in [0.2, 0.25) is 0 Å². The van der Waals surface area contributed by atoms with Crippen molar-refractivity contribution in [3.05, 3.63) is 163 Å². The lowest BCUT2D eigenvalue weighted by Gasteiger charge is -2.18. The van der Waals surface area contributed by atoms with E-state index in [-0.39, 0.29) is 18.1 Å². The van der Waals surface area contributed by atoms with Crippen molar-refractivity contribution in [3.8, 4) is 39.4 Å². The number of ketones is 1. The Bertz CT molecular complexity index is 2310. The van der Waals surface area contributed by atoms with Crippen molar-refractivity contribution < 1.29 is 14.3 Å². The molecule has 0 aliphatic rings. The summed E-state index contributed by atoms with van der Waals surface area (Å²) in [5.41, 5.74) is 7.41. The van der Waals surface area contributed by atoms with Gasteiger partial charge in [0, 0.05) is 23.2 Å². The first-order chi connectivity index (χ1) is 24.9. The van der Waals surface area contributed by atoms with Crippen LogP contribution in [0.1, 0.15) is 22.3 Å². The number of nitrogens with zero attached hydrogens (tertiary/aromatic N) is 2. The standard InChI is InChI=1S/C44H35N3O3S/c1-29-17-24-35(25-18-29)45-43(49)41(28-39(48)34-21-19-31(20-22-34)30-11-5-3-6-12-30)51-44-46-37(33-14-7-4-8-15-33)27-38(47-44)42-36-16-10-9-13-32(36)23-26-40(42)50-2/h3-27,41H,28H2,1-2H3,(H,45,49). The Morgan fingerprint density at radius 2 is 1.31 bits per heavy atom. The normalized spacial score (nSPS) is 11.6. The van der Waals surface area contributed by atoms with E-state index in [1.807, 2.05) is 153 Å². The van der Waals surface area contributed by atoms with Crippen LogP contribution < -0.4 is 10.1 Å². The molecule has 0 saturated heterocycles. The molecule has 0 saturated carbocycles. The van der Waals surface area contributed by atoms with Gasteiger partial charge in [-0.05, 0) is 53.1 Å². The number of aryl methyl sites for hydroxylation is 1. The third-order valence-corrected chi connectivity index (χ3v) is 9.74. The van der Waals surface area contributed by atoms with Gasteiger partial charge in [0.2, 0.25) is 5.91 Å². The van der Waals surface area contributed by atoms with E-state index in [0.29, 0.717) is 33.5 Å². The predicted octanol–water partition coefficient (Wildman–Crippen LogP) is 10.3. The second-order valence-corrected chi connectivity index (χ2v) is 13.4. The number of Topliss-reactive ketones (excluding diaryl/α,β-unsaturated/α-hetero) is 1. The third-order valence-electron chi connectivity index (χ3n) is 8.69. The Morgan fingerprint density at radius 1 is 0.686 bits per heavy atom. The fraction of sp³-hybridized carbons (Fsp3) is 0.0909. The minimum Gasteiger partial charge on any atom is -0.496 e. The number of amides is 1. The third kappa shape index (κ3) is 7.74. The Hall–Kier alpha value is -6.05. The molecule has 250 valence electrons. The van der Waals surface area contributed by atoms with Gasteiger partial charge < -0.3 is 10.1 Å². The van der Waals surface area contributed by atoms with Crippen LogP contribution in [0.3, 0.4) is 0 Å². The highest BCUT2D eigenvalue weighted by Gasteiger charge is 2.27. The van der Waals surface area contributed by atoms with Crippen LogP contribution in [-0.2, 0) is 4.79 Å². The van der Waals surface area contributed by atoms with Crippen LogP contribution in [0.4, 0.5) is 5.69 Å². The average Bonchev–Trinajstić information content (AvgIpc) is 3.18. The van der Waals surface area contributed by atoms with Gasteiger partial charge in [-0.1, -0.05) is 145 Å². The fourth-order valence-electron chi connectivity index (χ4n) is 5.99. The summed E-state index contributed by atoms with van der Waals surface area (Å²) in [7, 11) is 1.64. The molecule has 1 unspecified atom stereocenters. The minimum atomic E-state index is -0.833. The van der Waals surface area contributed by atoms with Gasteiger partial charge in [-0.2, -0.15) is 0 Å². The lowest BCUT2D eigenvalue weighted by molar-refractivity contribution is -0.115. The van der Waals surface area contributed by atoms with Crippen LogP contribution in [0.5, 0.6) is 5.75 Å². The number of rotatable bonds is 11. The van der Waals surface area contributed by atoms with Gasteiger partial charge >= 0.3 is 0 Å². The van der Waals surface area contributed by atoms with E-state index in [2.05, 4.69) is 11.4 Å². The van der Waals surface area contributed by atoms with Crippen LogP contribution in [0.25, 0.3) is 44.4 Å². The van der Waals surface area contributed by atoms with E-state index in [9.17, 15) is 9.59 Å². The second-order valence-electron chi connectivity index (χ2n) is 12.2. The fourth-order valence-corrected chi connectivity index (χ4v) is 6.95. The summed E-state index contributed by atoms with van der Waals surface area (Å²) < 4.78 is 5.85. The van der Waals surface area contributed by atoms with Gasteiger partial charge in [0.1, 0.15) is 5.75 Å². The Labute approximate surface area is 301 Å². The molecule has 0 bridgehead atoms. The molecular weight excluding hydrogens is 651 g/mol. The molecule has 51 heavy (non-hydrogen) atoms. The summed E-state index contributed by atoms with van der Waals surface area (Å²) in [5, 5.41) is 4.59. The lowest BCUT2D eigenvalue weighted by Crippen LogP contribution is -2.28. The average molecular weight is 686 g/mol. The van der Waals surface area contributed by atoms with Crippen molar-refractivity contribution in [2.24, 2.45) is 0 Å². The summed E-state index contributed by atoms with van der Waals surface area (Å²) in [6.07, 6.45) is -0.0567. The Kier molecular flexibility index (Phi) is 9.99. The maximum Gasteiger partial charge on any atom is 0.238 e. The molecular formula is C44H35N3O3S. The molecule has 0 spiro atoms. The largest absolute Gasteiger partial charge is 0.496 e. The van der Waals surface area contributed by atoms with Gasteiger partial charge in [-0.25, -0.2) is 9.97 Å². The zero-order valence-electron chi connectivity index (χ0n) is 28.2. The number of benzene rings is 6. The number of hydrogen-bond acceptors (Lipinski definition) is 6. The summed E-state index contributed by atoms with van der Waals surface area (Å²) in [5.74, 6) is 0.211. The smallest absolute Gasteiger partial charge is 0.238 e. The molecule has 6 aromatic carbocycles. The number of methoxy groups -OCH3 is 1. The molecule has 0 aliphatic heterocycles. The minimum absolute atomic E-state index is 0.0567. The van der Waals surface area contributed by atoms with Crippen LogP contribution in [0.15, 0.2) is 157 Å². The lowest BCUT2D eigenvalue weighted by atomic mass is 9.99. The first-order valence-electron chi connectivity index (χ1n) is 16.7. The summed E-state index contributed by atoms with van der Waals surface area (Å²) in [6.45, 7) is 1.99. The molecule has 7 rings (SSSR count). The van der Waals surface area contributed by atoms with Crippen LogP contribution in [-0.4, -0.2) is 34.0 Å². The second kappa shape index (κ2) is 15.2. The van der Waals surface area contributed by atoms with E-state index in [1.165, 1.54) is 11.8 Å². The monoisotopic (exact) mass is 685 g/mol. The number of carbonyl (C=O) groups is 2. The number of fused-ring (bicyclic) bond motifs is 1. The van der Waals surface area contributed by atoms with Crippen molar-refractivity contribution in [3.63, 3.8) is 0 Å². The van der Waals surface area contributed by atoms with Crippen molar-refractivity contribution in [1.82, 2.24) is 9.97 Å². The molecule has 6 nitrogen and oxygen atoms in total. The number of nitrogens with one attached hydrogen (secondary N) is 1. The number of hydrogen-bond donors (Lipinski definition) is 1. The highest BCUT2D eigenvalue weighted by molar-refractivity contribution is 8.00. The van der Waals surface area contributed by atoms with Gasteiger partial charge in [-0.3, -0.25) is 9.59 Å². The molecule has 1 heterocycles. The molecule has 0 fully saturated rings. The van der Waals surface area contributed by atoms with E-state index in [1.54, 1.807) is 7.11 Å². The maximum atomic E-state index is 14.0. The quantitative estimate of drug-likeness (QED) is 0.0829. The zero-order chi connectivity index (χ0) is 35.2. The molecule has 1 N–H and O–H groups in total. The Balaban J connectivity index is 1.27. The number of ether oxygens (including phenoxy) is 1. The topological polar surface area (TPSA) is 81.2 Å². The van der Waals surface area contributed by atoms with Crippen molar-refractivity contribution in [2.75, 3.05) is 12.4 Å². The van der Waals surface area contributed by atoms with Gasteiger partial charge in [0.25, 0.3) is 0 Å². The molecule has 0 aliphatic carbocycles. The maximum absolute atomic E-state index is 14.0. The molecule has 0 radical (unpaired) electrons. The van der Waals surface area contributed by atoms with Crippen LogP contribution in [0, 0.1) is 6.92 Å². The molecule has 1 aromatic heterocycles. The van der Waals surface area contributed by atoms with E-state index in [4.69, 9.17) is 14.7 Å². The molecule has 1 amide bonds. The van der Waals surface area contributed by atoms with Crippen molar-refractivity contribution in [2.45, 2.75) is 23.8 Å². The first kappa shape index (κ1) is 33.4. The van der Waals surface area contributed by atoms with Gasteiger partial charge in [-0.15, -0.1) is 0 Å². The molecule has 7 heteroatoms. The summed E-state index contributed by atoms with van der Waals surface area (Å²) in [4.78, 5) is 37.9. The van der Waals surface area contributed by atoms with Crippen molar-refractivity contribution in [1.29, 1.82) is 0 Å². The number of thioether (sulfide) groups is 1. The summed E-state index contributed by atoms with van der Waals surface area (Å²) in [6, 6.07) is 49.0. The zero-order valence-corrected chi connectivity index (χ0v) is 29.1. The van der Waals surface area contributed by atoms with E-state index < -0.39 is 5.25 Å². The molecule has 7 aromatic rings. The first-order valence-corrected chi connectivity index (χ1v) is 17.6. The van der Waals surface area contributed by atoms with Gasteiger partial charge in [0.15, 0.2) is 10.9 Å². The number of anilines is 1. The number of aromatic nitrogens is 2. The van der Waals surface area contributed by atoms with E-state index >= 15 is 0 Å². The van der Waals surface area contributed by atoms with Crippen LogP contribution >= 0.6 is 11.8 Å². The SMILES string of the molecule is COc1ccc2ccccc2c1-c1cc(-c2ccccc2)nc(SC(CC(=O)c2ccc(-c3ccccc3)cc2)C(=O)Nc2ccc(C)cc2)n1. The highest BCUT2D eigenvalue weighted by atomic mass is 32.2. The van der Waals surface area contributed by atoms with Gasteiger partial charge in [0.05, 0.1) is 29.3 Å². The number of carbonyl (C=O) groups excluding carboxylic acids is 2. The van der Waals surface area contributed by atoms with Crippen molar-refractivity contribution >= 4 is 39.9 Å². The Morgan fingerprint density at radius 3 is 2.02 bits per heavy atom. The van der Waals surface area contributed by atoms with E-state index in [0.717, 1.165) is 38.6 Å².